The van der Waals surface area contributed by atoms with Crippen molar-refractivity contribution in [2.45, 2.75) is 46.0 Å². The van der Waals surface area contributed by atoms with Gasteiger partial charge in [0.1, 0.15) is 5.78 Å². The van der Waals surface area contributed by atoms with Crippen molar-refractivity contribution in [2.24, 2.45) is 23.2 Å². The molecular weight excluding hydrogens is 240 g/mol. The van der Waals surface area contributed by atoms with Crippen LogP contribution in [0.2, 0.25) is 0 Å². The molecule has 0 aromatic heterocycles. The Hall–Kier alpha value is -1.12. The summed E-state index contributed by atoms with van der Waals surface area (Å²) in [5.41, 5.74) is 1.43. The van der Waals surface area contributed by atoms with Crippen LogP contribution in [0.3, 0.4) is 0 Å². The van der Waals surface area contributed by atoms with Crippen molar-refractivity contribution in [1.82, 2.24) is 0 Å². The van der Waals surface area contributed by atoms with Crippen molar-refractivity contribution in [3.8, 4) is 0 Å². The molecule has 0 aromatic carbocycles. The highest BCUT2D eigenvalue weighted by molar-refractivity contribution is 5.93. The van der Waals surface area contributed by atoms with Gasteiger partial charge in [-0.1, -0.05) is 25.0 Å². The summed E-state index contributed by atoms with van der Waals surface area (Å²) in [7, 11) is 0. The van der Waals surface area contributed by atoms with E-state index in [0.717, 1.165) is 19.3 Å². The van der Waals surface area contributed by atoms with Gasteiger partial charge in [-0.15, -0.1) is 0 Å². The van der Waals surface area contributed by atoms with Gasteiger partial charge in [0.05, 0.1) is 12.5 Å². The Kier molecular flexibility index (Phi) is 3.03. The Morgan fingerprint density at radius 2 is 2.26 bits per heavy atom. The minimum Gasteiger partial charge on any atom is -0.466 e. The molecule has 0 heterocycles. The van der Waals surface area contributed by atoms with E-state index in [-0.39, 0.29) is 34.9 Å². The normalized spacial score (nSPS) is 40.6. The summed E-state index contributed by atoms with van der Waals surface area (Å²) in [6.07, 6.45) is 7.53. The molecule has 19 heavy (non-hydrogen) atoms. The molecule has 104 valence electrons. The summed E-state index contributed by atoms with van der Waals surface area (Å²) in [5.74, 6) is -0.277. The molecule has 3 nitrogen and oxygen atoms in total. The Morgan fingerprint density at radius 1 is 1.47 bits per heavy atom. The Bertz CT molecular complexity index is 451. The van der Waals surface area contributed by atoms with Gasteiger partial charge in [0, 0.05) is 17.3 Å². The average Bonchev–Trinajstić information content (AvgIpc) is 2.43. The lowest BCUT2D eigenvalue weighted by Crippen LogP contribution is -2.54. The third-order valence-electron chi connectivity index (χ3n) is 5.53. The maximum Gasteiger partial charge on any atom is 0.310 e. The third kappa shape index (κ3) is 1.70. The molecule has 0 radical (unpaired) electrons. The summed E-state index contributed by atoms with van der Waals surface area (Å²) in [6.45, 7) is 4.29. The first-order chi connectivity index (χ1) is 9.10. The predicted molar refractivity (Wildman–Crippen MR) is 71.4 cm³/mol. The Morgan fingerprint density at radius 3 is 3.00 bits per heavy atom. The van der Waals surface area contributed by atoms with Gasteiger partial charge in [0.2, 0.25) is 0 Å². The molecule has 0 N–H and O–H groups in total. The van der Waals surface area contributed by atoms with Crippen molar-refractivity contribution in [3.63, 3.8) is 0 Å². The fourth-order valence-corrected chi connectivity index (χ4v) is 4.49. The number of hydrogen-bond donors (Lipinski definition) is 0. The molecular formula is C16H22O3. The van der Waals surface area contributed by atoms with Crippen LogP contribution in [0.5, 0.6) is 0 Å². The van der Waals surface area contributed by atoms with Gasteiger partial charge in [0.15, 0.2) is 0 Å². The highest BCUT2D eigenvalue weighted by atomic mass is 16.5. The predicted octanol–water partition coefficient (Wildman–Crippen LogP) is 2.89. The van der Waals surface area contributed by atoms with Crippen LogP contribution in [0.1, 0.15) is 46.0 Å². The largest absolute Gasteiger partial charge is 0.466 e. The number of Topliss-reactive ketones (excluding diaryl/α,β-unsaturated/α-hetero) is 1. The van der Waals surface area contributed by atoms with Crippen LogP contribution < -0.4 is 0 Å². The zero-order valence-electron chi connectivity index (χ0n) is 11.8. The zero-order valence-corrected chi connectivity index (χ0v) is 11.8. The van der Waals surface area contributed by atoms with Crippen LogP contribution in [0.15, 0.2) is 11.6 Å². The quantitative estimate of drug-likeness (QED) is 0.567. The van der Waals surface area contributed by atoms with Crippen LogP contribution in [-0.2, 0) is 14.3 Å². The summed E-state index contributed by atoms with van der Waals surface area (Å²) in [4.78, 5) is 24.6. The molecule has 0 amide bonds. The summed E-state index contributed by atoms with van der Waals surface area (Å²) in [5, 5.41) is 0. The minimum absolute atomic E-state index is 0.0263. The van der Waals surface area contributed by atoms with E-state index in [9.17, 15) is 9.59 Å². The van der Waals surface area contributed by atoms with Gasteiger partial charge in [-0.2, -0.15) is 0 Å². The van der Waals surface area contributed by atoms with E-state index < -0.39 is 0 Å². The first-order valence-electron chi connectivity index (χ1n) is 7.51. The van der Waals surface area contributed by atoms with E-state index in [2.05, 4.69) is 13.0 Å². The first-order valence-corrected chi connectivity index (χ1v) is 7.51. The fraction of sp³-hybridized carbons (Fsp3) is 0.750. The van der Waals surface area contributed by atoms with Crippen molar-refractivity contribution < 1.29 is 14.3 Å². The number of hydrogen-bond acceptors (Lipinski definition) is 3. The van der Waals surface area contributed by atoms with Crippen LogP contribution in [0, 0.1) is 23.2 Å². The van der Waals surface area contributed by atoms with Crippen LogP contribution >= 0.6 is 0 Å². The topological polar surface area (TPSA) is 43.4 Å². The number of ether oxygens (including phenoxy) is 1. The Labute approximate surface area is 114 Å². The lowest BCUT2D eigenvalue weighted by atomic mass is 9.48. The van der Waals surface area contributed by atoms with Gasteiger partial charge < -0.3 is 4.74 Å². The number of rotatable bonds is 2. The zero-order chi connectivity index (χ0) is 13.6. The summed E-state index contributed by atoms with van der Waals surface area (Å²) in [6, 6.07) is 0. The van der Waals surface area contributed by atoms with Crippen molar-refractivity contribution in [3.05, 3.63) is 11.6 Å². The maximum absolute atomic E-state index is 12.5. The molecule has 3 heteroatoms. The van der Waals surface area contributed by atoms with E-state index in [4.69, 9.17) is 4.74 Å². The average molecular weight is 262 g/mol. The highest BCUT2D eigenvalue weighted by Gasteiger charge is 2.58. The SMILES string of the molecule is CCOC(=O)[C@@H]1C[C@]23CCCCC2=C[C@H]1C(=O)C3C. The van der Waals surface area contributed by atoms with Gasteiger partial charge >= 0.3 is 5.97 Å². The molecule has 0 aromatic rings. The molecule has 1 spiro atoms. The fourth-order valence-electron chi connectivity index (χ4n) is 4.49. The number of carbonyl (C=O) groups is 2. The standard InChI is InChI=1S/C16H22O3/c1-3-19-15(18)13-9-16-7-5-4-6-11(16)8-12(13)14(17)10(16)2/h8,10,12-13H,3-7,9H2,1-2H3/t10?,12-,13-,16+/m1/s1. The van der Waals surface area contributed by atoms with E-state index in [1.54, 1.807) is 0 Å². The van der Waals surface area contributed by atoms with E-state index in [0.29, 0.717) is 6.61 Å². The number of fused-ring (bicyclic) bond motifs is 2. The molecule has 0 aliphatic heterocycles. The molecule has 0 saturated heterocycles. The maximum atomic E-state index is 12.5. The second kappa shape index (κ2) is 4.46. The van der Waals surface area contributed by atoms with Crippen LogP contribution in [-0.4, -0.2) is 18.4 Å². The lowest BCUT2D eigenvalue weighted by Gasteiger charge is -2.54. The van der Waals surface area contributed by atoms with Crippen LogP contribution in [0.4, 0.5) is 0 Å². The van der Waals surface area contributed by atoms with Crippen molar-refractivity contribution >= 4 is 11.8 Å². The van der Waals surface area contributed by atoms with Crippen LogP contribution in [0.25, 0.3) is 0 Å². The lowest BCUT2D eigenvalue weighted by molar-refractivity contribution is -0.160. The molecule has 4 aliphatic carbocycles. The minimum atomic E-state index is -0.231. The second-order valence-corrected chi connectivity index (χ2v) is 6.27. The van der Waals surface area contributed by atoms with Gasteiger partial charge in [-0.3, -0.25) is 9.59 Å². The Balaban J connectivity index is 1.98. The molecule has 4 rings (SSSR count). The monoisotopic (exact) mass is 262 g/mol. The smallest absolute Gasteiger partial charge is 0.310 e. The van der Waals surface area contributed by atoms with Gasteiger partial charge in [-0.05, 0) is 32.6 Å². The highest BCUT2D eigenvalue weighted by Crippen LogP contribution is 2.60. The number of esters is 1. The van der Waals surface area contributed by atoms with Gasteiger partial charge in [-0.25, -0.2) is 0 Å². The summed E-state index contributed by atoms with van der Waals surface area (Å²) < 4.78 is 5.17. The second-order valence-electron chi connectivity index (χ2n) is 6.27. The third-order valence-corrected chi connectivity index (χ3v) is 5.53. The number of ketones is 1. The number of allylic oxidation sites excluding steroid dienone is 2. The van der Waals surface area contributed by atoms with Crippen molar-refractivity contribution in [2.75, 3.05) is 6.61 Å². The first kappa shape index (κ1) is 12.9. The van der Waals surface area contributed by atoms with E-state index in [1.165, 1.54) is 18.4 Å². The van der Waals surface area contributed by atoms with Gasteiger partial charge in [0.25, 0.3) is 0 Å². The molecule has 1 unspecified atom stereocenters. The van der Waals surface area contributed by atoms with E-state index >= 15 is 0 Å². The molecule has 2 saturated carbocycles. The van der Waals surface area contributed by atoms with Crippen molar-refractivity contribution in [1.29, 1.82) is 0 Å². The molecule has 2 fully saturated rings. The molecule has 2 bridgehead atoms. The van der Waals surface area contributed by atoms with E-state index in [1.807, 2.05) is 6.92 Å². The molecule has 4 atom stereocenters. The number of carbonyl (C=O) groups excluding carboxylic acids is 2. The molecule has 4 aliphatic rings. The summed E-state index contributed by atoms with van der Waals surface area (Å²) >= 11 is 0.